The van der Waals surface area contributed by atoms with Crippen molar-refractivity contribution in [2.24, 2.45) is 0 Å². The molecular weight excluding hydrogens is 396 g/mol. The summed E-state index contributed by atoms with van der Waals surface area (Å²) in [5, 5.41) is 10.9. The first-order valence-electron chi connectivity index (χ1n) is 7.25. The molecule has 2 aromatic rings. The van der Waals surface area contributed by atoms with E-state index in [0.29, 0.717) is 21.6 Å². The molecule has 0 spiro atoms. The predicted molar refractivity (Wildman–Crippen MR) is 95.6 cm³/mol. The minimum absolute atomic E-state index is 0.000259. The summed E-state index contributed by atoms with van der Waals surface area (Å²) in [5.74, 6) is 1.34. The van der Waals surface area contributed by atoms with Crippen molar-refractivity contribution in [1.29, 1.82) is 0 Å². The molecule has 2 rings (SSSR count). The van der Waals surface area contributed by atoms with Gasteiger partial charge in [-0.2, -0.15) is 24.9 Å². The van der Waals surface area contributed by atoms with Crippen LogP contribution in [-0.4, -0.2) is 23.6 Å². The second-order valence-electron chi connectivity index (χ2n) is 5.25. The number of aliphatic hydroxyl groups excluding tert-OH is 1. The van der Waals surface area contributed by atoms with Gasteiger partial charge in [-0.3, -0.25) is 0 Å². The summed E-state index contributed by atoms with van der Waals surface area (Å²) in [6.45, 7) is -0.000259. The van der Waals surface area contributed by atoms with E-state index >= 15 is 0 Å². The van der Waals surface area contributed by atoms with Crippen LogP contribution in [0.3, 0.4) is 0 Å². The zero-order chi connectivity index (χ0) is 18.4. The van der Waals surface area contributed by atoms with E-state index in [-0.39, 0.29) is 12.4 Å². The average Bonchev–Trinajstić information content (AvgIpc) is 2.56. The van der Waals surface area contributed by atoms with Gasteiger partial charge < -0.3 is 9.84 Å². The van der Waals surface area contributed by atoms with Gasteiger partial charge in [-0.05, 0) is 42.0 Å². The Labute approximate surface area is 157 Å². The van der Waals surface area contributed by atoms with Crippen LogP contribution in [0.1, 0.15) is 11.1 Å². The predicted octanol–water partition coefficient (Wildman–Crippen LogP) is 5.69. The largest absolute Gasteiger partial charge is 0.491 e. The molecular formula is C17H15Cl2F3O2S. The van der Waals surface area contributed by atoms with Gasteiger partial charge in [0, 0.05) is 11.5 Å². The maximum atomic E-state index is 12.5. The smallest absolute Gasteiger partial charge is 0.416 e. The van der Waals surface area contributed by atoms with Gasteiger partial charge in [-0.25, -0.2) is 0 Å². The molecule has 2 nitrogen and oxygen atoms in total. The van der Waals surface area contributed by atoms with E-state index in [1.807, 2.05) is 6.07 Å². The van der Waals surface area contributed by atoms with Crippen LogP contribution < -0.4 is 4.74 Å². The molecule has 8 heteroatoms. The highest BCUT2D eigenvalue weighted by Crippen LogP contribution is 2.30. The zero-order valence-electron chi connectivity index (χ0n) is 12.9. The van der Waals surface area contributed by atoms with Gasteiger partial charge in [-0.15, -0.1) is 0 Å². The molecule has 25 heavy (non-hydrogen) atoms. The van der Waals surface area contributed by atoms with Crippen LogP contribution in [-0.2, 0) is 11.9 Å². The van der Waals surface area contributed by atoms with Crippen molar-refractivity contribution in [3.05, 3.63) is 63.6 Å². The lowest BCUT2D eigenvalue weighted by Gasteiger charge is -2.13. The van der Waals surface area contributed by atoms with E-state index < -0.39 is 17.8 Å². The Balaban J connectivity index is 1.73. The molecule has 0 saturated heterocycles. The minimum atomic E-state index is -4.38. The molecule has 0 bridgehead atoms. The molecule has 0 aliphatic rings. The fourth-order valence-corrected chi connectivity index (χ4v) is 3.15. The standard InChI is InChI=1S/C17H15Cl2F3O2S/c18-15-6-1-11(7-16(15)19)9-25-10-13(23)8-24-14-4-2-12(3-5-14)17(20,21)22/h1-7,13,23H,8-10H2. The molecule has 1 atom stereocenters. The Bertz CT molecular complexity index is 693. The maximum absolute atomic E-state index is 12.5. The summed E-state index contributed by atoms with van der Waals surface area (Å²) in [6.07, 6.45) is -5.12. The summed E-state index contributed by atoms with van der Waals surface area (Å²) in [6, 6.07) is 9.69. The van der Waals surface area contributed by atoms with E-state index in [1.165, 1.54) is 23.9 Å². The van der Waals surface area contributed by atoms with Crippen molar-refractivity contribution >= 4 is 35.0 Å². The van der Waals surface area contributed by atoms with Crippen molar-refractivity contribution in [1.82, 2.24) is 0 Å². The van der Waals surface area contributed by atoms with Crippen LogP contribution in [0.5, 0.6) is 5.75 Å². The number of halogens is 5. The Kier molecular flexibility index (Phi) is 7.31. The number of hydrogen-bond acceptors (Lipinski definition) is 3. The van der Waals surface area contributed by atoms with Gasteiger partial charge in [0.1, 0.15) is 12.4 Å². The third-order valence-electron chi connectivity index (χ3n) is 3.19. The number of rotatable bonds is 7. The van der Waals surface area contributed by atoms with Crippen molar-refractivity contribution in [3.8, 4) is 5.75 Å². The van der Waals surface area contributed by atoms with Crippen LogP contribution in [0.4, 0.5) is 13.2 Å². The van der Waals surface area contributed by atoms with E-state index in [0.717, 1.165) is 17.7 Å². The molecule has 1 N–H and O–H groups in total. The number of aliphatic hydroxyl groups is 1. The molecule has 0 heterocycles. The lowest BCUT2D eigenvalue weighted by atomic mass is 10.2. The summed E-state index contributed by atoms with van der Waals surface area (Å²) < 4.78 is 42.7. The van der Waals surface area contributed by atoms with Gasteiger partial charge >= 0.3 is 6.18 Å². The summed E-state index contributed by atoms with van der Waals surface area (Å²) in [4.78, 5) is 0. The molecule has 0 fully saturated rings. The van der Waals surface area contributed by atoms with Crippen LogP contribution in [0, 0.1) is 0 Å². The molecule has 136 valence electrons. The van der Waals surface area contributed by atoms with Crippen LogP contribution >= 0.6 is 35.0 Å². The van der Waals surface area contributed by atoms with Crippen LogP contribution in [0.2, 0.25) is 10.0 Å². The molecule has 2 aromatic carbocycles. The summed E-state index contributed by atoms with van der Waals surface area (Å²) in [7, 11) is 0. The number of ether oxygens (including phenoxy) is 1. The topological polar surface area (TPSA) is 29.5 Å². The molecule has 0 aliphatic heterocycles. The van der Waals surface area contributed by atoms with Crippen LogP contribution in [0.15, 0.2) is 42.5 Å². The lowest BCUT2D eigenvalue weighted by molar-refractivity contribution is -0.137. The third kappa shape index (κ3) is 6.62. The highest BCUT2D eigenvalue weighted by Gasteiger charge is 2.30. The Hall–Kier alpha value is -1.08. The van der Waals surface area contributed by atoms with Gasteiger partial charge in [-0.1, -0.05) is 29.3 Å². The van der Waals surface area contributed by atoms with Crippen molar-refractivity contribution in [2.75, 3.05) is 12.4 Å². The van der Waals surface area contributed by atoms with E-state index in [2.05, 4.69) is 0 Å². The minimum Gasteiger partial charge on any atom is -0.491 e. The monoisotopic (exact) mass is 410 g/mol. The summed E-state index contributed by atoms with van der Waals surface area (Å²) >= 11 is 13.3. The fraction of sp³-hybridized carbons (Fsp3) is 0.294. The SMILES string of the molecule is OC(COc1ccc(C(F)(F)F)cc1)CSCc1ccc(Cl)c(Cl)c1. The Morgan fingerprint density at radius 3 is 2.32 bits per heavy atom. The van der Waals surface area contributed by atoms with Gasteiger partial charge in [0.05, 0.1) is 21.7 Å². The zero-order valence-corrected chi connectivity index (χ0v) is 15.2. The molecule has 1 unspecified atom stereocenters. The van der Waals surface area contributed by atoms with Gasteiger partial charge in [0.15, 0.2) is 0 Å². The van der Waals surface area contributed by atoms with Gasteiger partial charge in [0.2, 0.25) is 0 Å². The number of thioether (sulfide) groups is 1. The molecule has 0 aliphatic carbocycles. The maximum Gasteiger partial charge on any atom is 0.416 e. The van der Waals surface area contributed by atoms with E-state index in [4.69, 9.17) is 27.9 Å². The van der Waals surface area contributed by atoms with E-state index in [9.17, 15) is 18.3 Å². The Morgan fingerprint density at radius 2 is 1.72 bits per heavy atom. The first-order chi connectivity index (χ1) is 11.8. The van der Waals surface area contributed by atoms with Crippen molar-refractivity contribution < 1.29 is 23.0 Å². The molecule has 0 amide bonds. The fourth-order valence-electron chi connectivity index (χ4n) is 1.92. The first kappa shape index (κ1) is 20.2. The Morgan fingerprint density at radius 1 is 1.04 bits per heavy atom. The first-order valence-corrected chi connectivity index (χ1v) is 9.16. The molecule has 0 saturated carbocycles. The van der Waals surface area contributed by atoms with Crippen molar-refractivity contribution in [3.63, 3.8) is 0 Å². The highest BCUT2D eigenvalue weighted by atomic mass is 35.5. The average molecular weight is 411 g/mol. The second kappa shape index (κ2) is 9.03. The quantitative estimate of drug-likeness (QED) is 0.635. The number of alkyl halides is 3. The molecule has 0 radical (unpaired) electrons. The van der Waals surface area contributed by atoms with Crippen LogP contribution in [0.25, 0.3) is 0 Å². The van der Waals surface area contributed by atoms with E-state index in [1.54, 1.807) is 12.1 Å². The highest BCUT2D eigenvalue weighted by molar-refractivity contribution is 7.98. The van der Waals surface area contributed by atoms with Gasteiger partial charge in [0.25, 0.3) is 0 Å². The second-order valence-corrected chi connectivity index (χ2v) is 7.10. The molecule has 0 aromatic heterocycles. The van der Waals surface area contributed by atoms with Crippen molar-refractivity contribution in [2.45, 2.75) is 18.0 Å². The third-order valence-corrected chi connectivity index (χ3v) is 5.08. The lowest BCUT2D eigenvalue weighted by Crippen LogP contribution is -2.20. The number of benzene rings is 2. The normalized spacial score (nSPS) is 12.9. The number of hydrogen-bond donors (Lipinski definition) is 1. The summed E-state index contributed by atoms with van der Waals surface area (Å²) in [5.41, 5.74) is 0.243.